The standard InChI is InChI=1S/C12H28N2S/c1-5-6-7-8-9-11(14-13)10-15-12(2,3)4/h11,14H,5-10,13H2,1-4H3. The topological polar surface area (TPSA) is 38.0 Å². The highest BCUT2D eigenvalue weighted by atomic mass is 32.2. The van der Waals surface area contributed by atoms with Gasteiger partial charge in [-0.05, 0) is 6.42 Å². The van der Waals surface area contributed by atoms with E-state index in [0.717, 1.165) is 5.75 Å². The van der Waals surface area contributed by atoms with Crippen molar-refractivity contribution in [2.75, 3.05) is 5.75 Å². The van der Waals surface area contributed by atoms with Gasteiger partial charge in [0, 0.05) is 16.5 Å². The zero-order valence-electron chi connectivity index (χ0n) is 10.8. The minimum absolute atomic E-state index is 0.346. The van der Waals surface area contributed by atoms with Crippen molar-refractivity contribution in [2.24, 2.45) is 5.84 Å². The first-order chi connectivity index (χ1) is 6.99. The second-order valence-electron chi connectivity index (χ2n) is 5.14. The third kappa shape index (κ3) is 10.6. The molecule has 0 rings (SSSR count). The van der Waals surface area contributed by atoms with Gasteiger partial charge in [-0.3, -0.25) is 11.3 Å². The molecule has 0 radical (unpaired) electrons. The van der Waals surface area contributed by atoms with Gasteiger partial charge in [0.1, 0.15) is 0 Å². The molecular formula is C12H28N2S. The average molecular weight is 232 g/mol. The Morgan fingerprint density at radius 3 is 2.33 bits per heavy atom. The maximum absolute atomic E-state index is 5.55. The molecule has 0 aliphatic rings. The maximum Gasteiger partial charge on any atom is 0.0301 e. The number of nitrogens with one attached hydrogen (secondary N) is 1. The average Bonchev–Trinajstić information content (AvgIpc) is 2.15. The molecule has 2 nitrogen and oxygen atoms in total. The van der Waals surface area contributed by atoms with Crippen LogP contribution in [0.25, 0.3) is 0 Å². The van der Waals surface area contributed by atoms with Crippen LogP contribution in [0.1, 0.15) is 59.8 Å². The molecule has 0 fully saturated rings. The number of thioether (sulfide) groups is 1. The van der Waals surface area contributed by atoms with E-state index in [2.05, 4.69) is 33.1 Å². The van der Waals surface area contributed by atoms with Gasteiger partial charge in [0.25, 0.3) is 0 Å². The summed E-state index contributed by atoms with van der Waals surface area (Å²) in [5, 5.41) is 0. The van der Waals surface area contributed by atoms with Crippen LogP contribution >= 0.6 is 11.8 Å². The molecule has 3 heteroatoms. The monoisotopic (exact) mass is 232 g/mol. The first kappa shape index (κ1) is 15.3. The van der Waals surface area contributed by atoms with Crippen LogP contribution in [0.3, 0.4) is 0 Å². The summed E-state index contributed by atoms with van der Waals surface area (Å²) in [5.74, 6) is 6.67. The fourth-order valence-corrected chi connectivity index (χ4v) is 2.35. The first-order valence-corrected chi connectivity index (χ1v) is 7.08. The third-order valence-electron chi connectivity index (χ3n) is 2.36. The smallest absolute Gasteiger partial charge is 0.0301 e. The van der Waals surface area contributed by atoms with Crippen molar-refractivity contribution in [3.8, 4) is 0 Å². The molecule has 15 heavy (non-hydrogen) atoms. The number of rotatable bonds is 8. The minimum atomic E-state index is 0.346. The number of hydrogen-bond donors (Lipinski definition) is 2. The van der Waals surface area contributed by atoms with Crippen molar-refractivity contribution in [1.82, 2.24) is 5.43 Å². The maximum atomic E-state index is 5.55. The van der Waals surface area contributed by atoms with Crippen molar-refractivity contribution >= 4 is 11.8 Å². The number of hydrazine groups is 1. The molecule has 0 amide bonds. The lowest BCUT2D eigenvalue weighted by Crippen LogP contribution is -2.37. The highest BCUT2D eigenvalue weighted by Crippen LogP contribution is 2.24. The van der Waals surface area contributed by atoms with Crippen LogP contribution in [-0.4, -0.2) is 16.5 Å². The Labute approximate surface area is 99.7 Å². The van der Waals surface area contributed by atoms with Crippen LogP contribution in [0.2, 0.25) is 0 Å². The SMILES string of the molecule is CCCCCCC(CSC(C)(C)C)NN. The minimum Gasteiger partial charge on any atom is -0.271 e. The van der Waals surface area contributed by atoms with E-state index < -0.39 is 0 Å². The molecule has 0 saturated carbocycles. The zero-order chi connectivity index (χ0) is 11.7. The van der Waals surface area contributed by atoms with Crippen molar-refractivity contribution in [1.29, 1.82) is 0 Å². The Balaban J connectivity index is 3.55. The lowest BCUT2D eigenvalue weighted by atomic mass is 10.1. The van der Waals surface area contributed by atoms with Gasteiger partial charge in [0.05, 0.1) is 0 Å². The molecule has 3 N–H and O–H groups in total. The van der Waals surface area contributed by atoms with Crippen LogP contribution in [0.5, 0.6) is 0 Å². The summed E-state index contributed by atoms with van der Waals surface area (Å²) in [4.78, 5) is 0. The molecule has 0 saturated heterocycles. The Morgan fingerprint density at radius 2 is 1.87 bits per heavy atom. The van der Waals surface area contributed by atoms with E-state index in [1.807, 2.05) is 11.8 Å². The predicted octanol–water partition coefficient (Wildman–Crippen LogP) is 3.32. The van der Waals surface area contributed by atoms with Crippen molar-refractivity contribution in [3.05, 3.63) is 0 Å². The molecule has 1 unspecified atom stereocenters. The van der Waals surface area contributed by atoms with E-state index in [1.54, 1.807) is 0 Å². The van der Waals surface area contributed by atoms with Gasteiger partial charge in [-0.2, -0.15) is 11.8 Å². The summed E-state index contributed by atoms with van der Waals surface area (Å²) in [7, 11) is 0. The van der Waals surface area contributed by atoms with Gasteiger partial charge < -0.3 is 0 Å². The van der Waals surface area contributed by atoms with Crippen LogP contribution in [-0.2, 0) is 0 Å². The Morgan fingerprint density at radius 1 is 1.20 bits per heavy atom. The summed E-state index contributed by atoms with van der Waals surface area (Å²) in [6.45, 7) is 9.00. The van der Waals surface area contributed by atoms with Gasteiger partial charge in [0.2, 0.25) is 0 Å². The molecular weight excluding hydrogens is 204 g/mol. The molecule has 0 aromatic carbocycles. The normalized spacial score (nSPS) is 14.2. The summed E-state index contributed by atoms with van der Waals surface area (Å²) >= 11 is 1.99. The molecule has 0 spiro atoms. The predicted molar refractivity (Wildman–Crippen MR) is 72.1 cm³/mol. The van der Waals surface area contributed by atoms with Gasteiger partial charge in [-0.15, -0.1) is 0 Å². The van der Waals surface area contributed by atoms with E-state index >= 15 is 0 Å². The number of hydrogen-bond acceptors (Lipinski definition) is 3. The highest BCUT2D eigenvalue weighted by molar-refractivity contribution is 8.00. The number of nitrogens with two attached hydrogens (primary N) is 1. The molecule has 0 aromatic rings. The Kier molecular flexibility index (Phi) is 8.58. The van der Waals surface area contributed by atoms with Crippen LogP contribution in [0.15, 0.2) is 0 Å². The molecule has 0 aliphatic carbocycles. The molecule has 0 bridgehead atoms. The lowest BCUT2D eigenvalue weighted by Gasteiger charge is -2.22. The van der Waals surface area contributed by atoms with E-state index in [0.29, 0.717) is 10.8 Å². The van der Waals surface area contributed by atoms with Crippen LogP contribution in [0.4, 0.5) is 0 Å². The summed E-state index contributed by atoms with van der Waals surface area (Å²) in [6.07, 6.45) is 6.50. The van der Waals surface area contributed by atoms with Crippen molar-refractivity contribution in [3.63, 3.8) is 0 Å². The van der Waals surface area contributed by atoms with E-state index in [4.69, 9.17) is 5.84 Å². The van der Waals surface area contributed by atoms with Gasteiger partial charge in [-0.25, -0.2) is 0 Å². The molecule has 0 heterocycles. The van der Waals surface area contributed by atoms with E-state index in [-0.39, 0.29) is 0 Å². The fraction of sp³-hybridized carbons (Fsp3) is 1.00. The second-order valence-corrected chi connectivity index (χ2v) is 6.98. The molecule has 1 atom stereocenters. The van der Waals surface area contributed by atoms with Crippen molar-refractivity contribution in [2.45, 2.75) is 70.6 Å². The van der Waals surface area contributed by atoms with Crippen LogP contribution in [0, 0.1) is 0 Å². The number of unbranched alkanes of at least 4 members (excludes halogenated alkanes) is 3. The first-order valence-electron chi connectivity index (χ1n) is 6.09. The summed E-state index contributed by atoms with van der Waals surface area (Å²) in [5.41, 5.74) is 2.93. The fourth-order valence-electron chi connectivity index (χ4n) is 1.38. The molecule has 92 valence electrons. The Hall–Kier alpha value is 0.270. The molecule has 0 aliphatic heterocycles. The highest BCUT2D eigenvalue weighted by Gasteiger charge is 2.14. The Bertz CT molecular complexity index is 143. The molecule has 0 aromatic heterocycles. The van der Waals surface area contributed by atoms with E-state index in [9.17, 15) is 0 Å². The third-order valence-corrected chi connectivity index (χ3v) is 3.79. The van der Waals surface area contributed by atoms with E-state index in [1.165, 1.54) is 32.1 Å². The largest absolute Gasteiger partial charge is 0.271 e. The second kappa shape index (κ2) is 8.43. The van der Waals surface area contributed by atoms with Gasteiger partial charge in [-0.1, -0.05) is 53.4 Å². The lowest BCUT2D eigenvalue weighted by molar-refractivity contribution is 0.499. The zero-order valence-corrected chi connectivity index (χ0v) is 11.6. The van der Waals surface area contributed by atoms with Gasteiger partial charge in [0.15, 0.2) is 0 Å². The summed E-state index contributed by atoms with van der Waals surface area (Å²) in [6, 6.07) is 0.478. The van der Waals surface area contributed by atoms with Gasteiger partial charge >= 0.3 is 0 Å². The summed E-state index contributed by atoms with van der Waals surface area (Å²) < 4.78 is 0.346. The van der Waals surface area contributed by atoms with Crippen molar-refractivity contribution < 1.29 is 0 Å². The van der Waals surface area contributed by atoms with Crippen LogP contribution < -0.4 is 11.3 Å². The quantitative estimate of drug-likeness (QED) is 0.383.